The molecule has 112 valence electrons. The molecule has 1 heterocycles. The van der Waals surface area contributed by atoms with E-state index in [1.54, 1.807) is 36.6 Å². The van der Waals surface area contributed by atoms with E-state index in [0.717, 1.165) is 6.42 Å². The lowest BCUT2D eigenvalue weighted by Crippen LogP contribution is -2.25. The van der Waals surface area contributed by atoms with Crippen LogP contribution in [0.4, 0.5) is 0 Å². The van der Waals surface area contributed by atoms with Crippen molar-refractivity contribution in [1.82, 2.24) is 5.32 Å². The fraction of sp³-hybridized carbons (Fsp3) is 0.312. The molecule has 0 radical (unpaired) electrons. The quantitative estimate of drug-likeness (QED) is 0.855. The summed E-state index contributed by atoms with van der Waals surface area (Å²) < 4.78 is 10.7. The van der Waals surface area contributed by atoms with Crippen molar-refractivity contribution >= 4 is 17.2 Å². The molecule has 0 saturated carbocycles. The topological polar surface area (TPSA) is 47.6 Å². The maximum absolute atomic E-state index is 12.1. The van der Waals surface area contributed by atoms with Gasteiger partial charge in [0.05, 0.1) is 13.7 Å². The molecular weight excluding hydrogens is 286 g/mol. The minimum atomic E-state index is -0.103. The summed E-state index contributed by atoms with van der Waals surface area (Å²) in [5, 5.41) is 7.04. The molecule has 0 aliphatic heterocycles. The van der Waals surface area contributed by atoms with E-state index in [-0.39, 0.29) is 5.91 Å². The van der Waals surface area contributed by atoms with Crippen LogP contribution in [0.1, 0.15) is 22.8 Å². The lowest BCUT2D eigenvalue weighted by Gasteiger charge is -2.11. The Balaban J connectivity index is 1.96. The molecule has 1 N–H and O–H groups in total. The molecule has 0 unspecified atom stereocenters. The van der Waals surface area contributed by atoms with E-state index >= 15 is 0 Å². The average molecular weight is 305 g/mol. The Morgan fingerprint density at radius 3 is 2.81 bits per heavy atom. The van der Waals surface area contributed by atoms with Crippen LogP contribution in [0, 0.1) is 0 Å². The van der Waals surface area contributed by atoms with Crippen LogP contribution in [-0.2, 0) is 6.42 Å². The number of hydrogen-bond donors (Lipinski definition) is 1. The van der Waals surface area contributed by atoms with E-state index < -0.39 is 0 Å². The summed E-state index contributed by atoms with van der Waals surface area (Å²) in [7, 11) is 1.58. The van der Waals surface area contributed by atoms with Gasteiger partial charge in [-0.1, -0.05) is 0 Å². The Hall–Kier alpha value is -2.01. The summed E-state index contributed by atoms with van der Waals surface area (Å²) in [6.45, 7) is 3.04. The van der Waals surface area contributed by atoms with Crippen molar-refractivity contribution in [2.24, 2.45) is 0 Å². The molecule has 0 saturated heterocycles. The number of hydrogen-bond acceptors (Lipinski definition) is 4. The minimum Gasteiger partial charge on any atom is -0.493 e. The monoisotopic (exact) mass is 305 g/mol. The van der Waals surface area contributed by atoms with Crippen LogP contribution in [0.15, 0.2) is 35.0 Å². The highest BCUT2D eigenvalue weighted by Gasteiger charge is 2.10. The highest BCUT2D eigenvalue weighted by Crippen LogP contribution is 2.27. The van der Waals surface area contributed by atoms with Gasteiger partial charge in [0.15, 0.2) is 11.5 Å². The molecule has 0 fully saturated rings. The van der Waals surface area contributed by atoms with Crippen molar-refractivity contribution < 1.29 is 14.3 Å². The second-order valence-electron chi connectivity index (χ2n) is 4.44. The molecule has 0 bridgehead atoms. The standard InChI is InChI=1S/C16H19NO3S/c1-3-20-15-10-13(4-5-14(15)19-2)16(18)17-8-6-12-7-9-21-11-12/h4-5,7,9-11H,3,6,8H2,1-2H3,(H,17,18). The molecule has 0 atom stereocenters. The first kappa shape index (κ1) is 15.4. The molecule has 5 heteroatoms. The lowest BCUT2D eigenvalue weighted by atomic mass is 10.2. The fourth-order valence-corrected chi connectivity index (χ4v) is 2.65. The predicted molar refractivity (Wildman–Crippen MR) is 84.5 cm³/mol. The van der Waals surface area contributed by atoms with Crippen molar-refractivity contribution in [3.63, 3.8) is 0 Å². The van der Waals surface area contributed by atoms with Gasteiger partial charge in [-0.15, -0.1) is 0 Å². The zero-order valence-electron chi connectivity index (χ0n) is 12.2. The van der Waals surface area contributed by atoms with Crippen LogP contribution in [0.5, 0.6) is 11.5 Å². The number of ether oxygens (including phenoxy) is 2. The summed E-state index contributed by atoms with van der Waals surface area (Å²) in [4.78, 5) is 12.1. The van der Waals surface area contributed by atoms with E-state index in [1.807, 2.05) is 12.3 Å². The Kier molecular flexibility index (Phi) is 5.63. The summed E-state index contributed by atoms with van der Waals surface area (Å²) in [5.74, 6) is 1.12. The summed E-state index contributed by atoms with van der Waals surface area (Å²) in [6.07, 6.45) is 0.837. The van der Waals surface area contributed by atoms with Gasteiger partial charge in [-0.3, -0.25) is 4.79 Å². The average Bonchev–Trinajstić information content (AvgIpc) is 3.00. The molecule has 4 nitrogen and oxygen atoms in total. The SMILES string of the molecule is CCOc1cc(C(=O)NCCc2ccsc2)ccc1OC. The van der Waals surface area contributed by atoms with Gasteiger partial charge in [0.2, 0.25) is 0 Å². The van der Waals surface area contributed by atoms with Crippen molar-refractivity contribution in [3.05, 3.63) is 46.2 Å². The zero-order chi connectivity index (χ0) is 15.1. The van der Waals surface area contributed by atoms with Gasteiger partial charge in [0.25, 0.3) is 5.91 Å². The first-order valence-electron chi connectivity index (χ1n) is 6.84. The normalized spacial score (nSPS) is 10.2. The van der Waals surface area contributed by atoms with Crippen LogP contribution in [0.25, 0.3) is 0 Å². The molecule has 2 aromatic rings. The lowest BCUT2D eigenvalue weighted by molar-refractivity contribution is 0.0953. The van der Waals surface area contributed by atoms with Gasteiger partial charge in [-0.25, -0.2) is 0 Å². The van der Waals surface area contributed by atoms with Gasteiger partial charge >= 0.3 is 0 Å². The van der Waals surface area contributed by atoms with Crippen LogP contribution in [0.2, 0.25) is 0 Å². The smallest absolute Gasteiger partial charge is 0.251 e. The molecule has 0 aliphatic carbocycles. The molecule has 21 heavy (non-hydrogen) atoms. The molecule has 0 aliphatic rings. The molecule has 0 spiro atoms. The maximum atomic E-state index is 12.1. The van der Waals surface area contributed by atoms with E-state index in [9.17, 15) is 4.79 Å². The Morgan fingerprint density at radius 2 is 2.14 bits per heavy atom. The number of methoxy groups -OCH3 is 1. The Labute approximate surface area is 128 Å². The Morgan fingerprint density at radius 1 is 1.29 bits per heavy atom. The minimum absolute atomic E-state index is 0.103. The number of benzene rings is 1. The van der Waals surface area contributed by atoms with Crippen LogP contribution in [-0.4, -0.2) is 26.2 Å². The zero-order valence-corrected chi connectivity index (χ0v) is 13.0. The van der Waals surface area contributed by atoms with Gasteiger partial charge < -0.3 is 14.8 Å². The van der Waals surface area contributed by atoms with Crippen molar-refractivity contribution in [3.8, 4) is 11.5 Å². The highest BCUT2D eigenvalue weighted by molar-refractivity contribution is 7.07. The first-order chi connectivity index (χ1) is 10.2. The van der Waals surface area contributed by atoms with Gasteiger partial charge in [-0.05, 0) is 53.9 Å². The van der Waals surface area contributed by atoms with E-state index in [2.05, 4.69) is 16.8 Å². The first-order valence-corrected chi connectivity index (χ1v) is 7.79. The van der Waals surface area contributed by atoms with Crippen LogP contribution in [0.3, 0.4) is 0 Å². The predicted octanol–water partition coefficient (Wildman–Crippen LogP) is 3.13. The van der Waals surface area contributed by atoms with Crippen LogP contribution >= 0.6 is 11.3 Å². The summed E-state index contributed by atoms with van der Waals surface area (Å²) in [6, 6.07) is 7.26. The van der Waals surface area contributed by atoms with E-state index in [1.165, 1.54) is 5.56 Å². The molecule has 1 amide bonds. The fourth-order valence-electron chi connectivity index (χ4n) is 1.94. The number of rotatable bonds is 7. The number of nitrogens with one attached hydrogen (secondary N) is 1. The maximum Gasteiger partial charge on any atom is 0.251 e. The molecular formula is C16H19NO3S. The third-order valence-electron chi connectivity index (χ3n) is 3.00. The summed E-state index contributed by atoms with van der Waals surface area (Å²) >= 11 is 1.66. The third kappa shape index (κ3) is 4.23. The summed E-state index contributed by atoms with van der Waals surface area (Å²) in [5.41, 5.74) is 1.81. The number of carbonyl (C=O) groups is 1. The Bertz CT molecular complexity index is 581. The second-order valence-corrected chi connectivity index (χ2v) is 5.22. The largest absolute Gasteiger partial charge is 0.493 e. The molecule has 1 aromatic carbocycles. The van der Waals surface area contributed by atoms with E-state index in [0.29, 0.717) is 30.2 Å². The molecule has 2 rings (SSSR count). The van der Waals surface area contributed by atoms with Crippen molar-refractivity contribution in [2.45, 2.75) is 13.3 Å². The van der Waals surface area contributed by atoms with Gasteiger partial charge in [0, 0.05) is 12.1 Å². The highest BCUT2D eigenvalue weighted by atomic mass is 32.1. The number of carbonyl (C=O) groups excluding carboxylic acids is 1. The number of thiophene rings is 1. The third-order valence-corrected chi connectivity index (χ3v) is 3.74. The van der Waals surface area contributed by atoms with Crippen molar-refractivity contribution in [1.29, 1.82) is 0 Å². The molecule has 1 aromatic heterocycles. The number of amides is 1. The van der Waals surface area contributed by atoms with Crippen LogP contribution < -0.4 is 14.8 Å². The van der Waals surface area contributed by atoms with Gasteiger partial charge in [-0.2, -0.15) is 11.3 Å². The van der Waals surface area contributed by atoms with Gasteiger partial charge in [0.1, 0.15) is 0 Å². The van der Waals surface area contributed by atoms with Crippen molar-refractivity contribution in [2.75, 3.05) is 20.3 Å². The van der Waals surface area contributed by atoms with E-state index in [4.69, 9.17) is 9.47 Å². The second kappa shape index (κ2) is 7.69.